The van der Waals surface area contributed by atoms with Crippen LogP contribution in [0, 0.1) is 5.92 Å². The van der Waals surface area contributed by atoms with Crippen LogP contribution >= 0.6 is 0 Å². The first-order valence-electron chi connectivity index (χ1n) is 6.58. The summed E-state index contributed by atoms with van der Waals surface area (Å²) >= 11 is 0. The topological polar surface area (TPSA) is 9.23 Å². The van der Waals surface area contributed by atoms with Gasteiger partial charge in [-0.2, -0.15) is 0 Å². The summed E-state index contributed by atoms with van der Waals surface area (Å²) in [5, 5.41) is 0. The molecule has 1 aromatic rings. The summed E-state index contributed by atoms with van der Waals surface area (Å²) in [6.45, 7) is 9.30. The molecule has 1 nitrogen and oxygen atoms in total. The summed E-state index contributed by atoms with van der Waals surface area (Å²) in [5.41, 5.74) is 2.86. The third kappa shape index (κ3) is 4.26. The molecule has 0 aliphatic heterocycles. The molecule has 0 aliphatic rings. The zero-order valence-corrected chi connectivity index (χ0v) is 11.5. The van der Waals surface area contributed by atoms with Crippen LogP contribution in [0.2, 0.25) is 0 Å². The van der Waals surface area contributed by atoms with Crippen molar-refractivity contribution in [3.8, 4) is 5.75 Å². The molecule has 1 heteroatoms. The molecular formula is C16H24O. The lowest BCUT2D eigenvalue weighted by molar-refractivity contribution is 0.340. The van der Waals surface area contributed by atoms with Crippen LogP contribution in [-0.4, -0.2) is 6.61 Å². The Morgan fingerprint density at radius 2 is 2.00 bits per heavy atom. The first-order chi connectivity index (χ1) is 8.21. The SMILES string of the molecule is C/C=C\C(C)Cc1ccc(OCC)cc1CC. The van der Waals surface area contributed by atoms with Gasteiger partial charge in [0.2, 0.25) is 0 Å². The van der Waals surface area contributed by atoms with Crippen LogP contribution in [0.5, 0.6) is 5.75 Å². The molecule has 0 aromatic heterocycles. The Bertz CT molecular complexity index is 366. The molecule has 0 radical (unpaired) electrons. The molecular weight excluding hydrogens is 208 g/mol. The Balaban J connectivity index is 2.84. The van der Waals surface area contributed by atoms with Gasteiger partial charge in [-0.15, -0.1) is 0 Å². The summed E-state index contributed by atoms with van der Waals surface area (Å²) < 4.78 is 5.54. The Labute approximate surface area is 106 Å². The van der Waals surface area contributed by atoms with E-state index in [1.54, 1.807) is 0 Å². The van der Waals surface area contributed by atoms with Crippen molar-refractivity contribution in [2.75, 3.05) is 6.61 Å². The highest BCUT2D eigenvalue weighted by molar-refractivity contribution is 5.36. The summed E-state index contributed by atoms with van der Waals surface area (Å²) in [6.07, 6.45) is 6.57. The van der Waals surface area contributed by atoms with E-state index in [1.807, 2.05) is 6.92 Å². The van der Waals surface area contributed by atoms with Gasteiger partial charge in [0.25, 0.3) is 0 Å². The Hall–Kier alpha value is -1.24. The molecule has 1 rings (SSSR count). The maximum absolute atomic E-state index is 5.54. The van der Waals surface area contributed by atoms with Gasteiger partial charge in [0.05, 0.1) is 6.61 Å². The number of hydrogen-bond donors (Lipinski definition) is 0. The normalized spacial score (nSPS) is 12.9. The standard InChI is InChI=1S/C16H24O/c1-5-8-13(4)11-15-9-10-16(17-7-3)12-14(15)6-2/h5,8-10,12-13H,6-7,11H2,1-4H3/b8-5-. The first-order valence-corrected chi connectivity index (χ1v) is 6.58. The fourth-order valence-electron chi connectivity index (χ4n) is 2.13. The van der Waals surface area contributed by atoms with E-state index in [1.165, 1.54) is 11.1 Å². The predicted octanol–water partition coefficient (Wildman–Crippen LogP) is 4.40. The van der Waals surface area contributed by atoms with Gasteiger partial charge in [-0.1, -0.05) is 32.1 Å². The number of hydrogen-bond acceptors (Lipinski definition) is 1. The van der Waals surface area contributed by atoms with Crippen LogP contribution in [-0.2, 0) is 12.8 Å². The van der Waals surface area contributed by atoms with E-state index in [0.717, 1.165) is 25.2 Å². The summed E-state index contributed by atoms with van der Waals surface area (Å²) in [5.74, 6) is 1.59. The molecule has 1 unspecified atom stereocenters. The molecule has 0 saturated carbocycles. The van der Waals surface area contributed by atoms with Gasteiger partial charge < -0.3 is 4.74 Å². The lowest BCUT2D eigenvalue weighted by Gasteiger charge is -2.13. The van der Waals surface area contributed by atoms with Crippen molar-refractivity contribution in [2.24, 2.45) is 5.92 Å². The van der Waals surface area contributed by atoms with Gasteiger partial charge in [-0.05, 0) is 55.9 Å². The van der Waals surface area contributed by atoms with Crippen molar-refractivity contribution in [3.05, 3.63) is 41.5 Å². The van der Waals surface area contributed by atoms with E-state index in [9.17, 15) is 0 Å². The highest BCUT2D eigenvalue weighted by Gasteiger charge is 2.06. The number of allylic oxidation sites excluding steroid dienone is 2. The highest BCUT2D eigenvalue weighted by Crippen LogP contribution is 2.21. The molecule has 0 heterocycles. The molecule has 0 saturated heterocycles. The van der Waals surface area contributed by atoms with Crippen molar-refractivity contribution in [2.45, 2.75) is 40.5 Å². The quantitative estimate of drug-likeness (QED) is 0.660. The lowest BCUT2D eigenvalue weighted by Crippen LogP contribution is -2.01. The molecule has 1 aromatic carbocycles. The van der Waals surface area contributed by atoms with Gasteiger partial charge >= 0.3 is 0 Å². The molecule has 94 valence electrons. The molecule has 0 spiro atoms. The van der Waals surface area contributed by atoms with Crippen LogP contribution in [0.25, 0.3) is 0 Å². The summed E-state index contributed by atoms with van der Waals surface area (Å²) in [4.78, 5) is 0. The van der Waals surface area contributed by atoms with E-state index < -0.39 is 0 Å². The fourth-order valence-corrected chi connectivity index (χ4v) is 2.13. The molecule has 0 amide bonds. The summed E-state index contributed by atoms with van der Waals surface area (Å²) in [6, 6.07) is 6.48. The van der Waals surface area contributed by atoms with Crippen LogP contribution in [0.15, 0.2) is 30.4 Å². The monoisotopic (exact) mass is 232 g/mol. The maximum Gasteiger partial charge on any atom is 0.119 e. The maximum atomic E-state index is 5.54. The molecule has 0 N–H and O–H groups in total. The van der Waals surface area contributed by atoms with E-state index in [4.69, 9.17) is 4.74 Å². The predicted molar refractivity (Wildman–Crippen MR) is 74.7 cm³/mol. The van der Waals surface area contributed by atoms with Crippen molar-refractivity contribution in [1.82, 2.24) is 0 Å². The number of rotatable bonds is 6. The third-order valence-corrected chi connectivity index (χ3v) is 2.93. The number of aryl methyl sites for hydroxylation is 1. The molecule has 0 bridgehead atoms. The second-order valence-electron chi connectivity index (χ2n) is 4.42. The average Bonchev–Trinajstić information content (AvgIpc) is 2.31. The van der Waals surface area contributed by atoms with Gasteiger partial charge in [-0.25, -0.2) is 0 Å². The average molecular weight is 232 g/mol. The van der Waals surface area contributed by atoms with E-state index >= 15 is 0 Å². The van der Waals surface area contributed by atoms with Gasteiger partial charge in [0.15, 0.2) is 0 Å². The second kappa shape index (κ2) is 7.16. The lowest BCUT2D eigenvalue weighted by atomic mass is 9.95. The van der Waals surface area contributed by atoms with Crippen LogP contribution in [0.1, 0.15) is 38.8 Å². The highest BCUT2D eigenvalue weighted by atomic mass is 16.5. The smallest absolute Gasteiger partial charge is 0.119 e. The zero-order valence-electron chi connectivity index (χ0n) is 11.5. The second-order valence-corrected chi connectivity index (χ2v) is 4.42. The van der Waals surface area contributed by atoms with Gasteiger partial charge in [0, 0.05) is 0 Å². The van der Waals surface area contributed by atoms with Gasteiger partial charge in [-0.3, -0.25) is 0 Å². The van der Waals surface area contributed by atoms with Crippen molar-refractivity contribution < 1.29 is 4.74 Å². The van der Waals surface area contributed by atoms with E-state index in [2.05, 4.69) is 51.1 Å². The van der Waals surface area contributed by atoms with Gasteiger partial charge in [0.1, 0.15) is 5.75 Å². The van der Waals surface area contributed by atoms with E-state index in [-0.39, 0.29) is 0 Å². The van der Waals surface area contributed by atoms with Crippen molar-refractivity contribution in [1.29, 1.82) is 0 Å². The fraction of sp³-hybridized carbons (Fsp3) is 0.500. The molecule has 0 aliphatic carbocycles. The first kappa shape index (κ1) is 13.8. The van der Waals surface area contributed by atoms with E-state index in [0.29, 0.717) is 5.92 Å². The number of ether oxygens (including phenoxy) is 1. The van der Waals surface area contributed by atoms with Crippen molar-refractivity contribution in [3.63, 3.8) is 0 Å². The zero-order chi connectivity index (χ0) is 12.7. The number of benzene rings is 1. The third-order valence-electron chi connectivity index (χ3n) is 2.93. The minimum Gasteiger partial charge on any atom is -0.494 e. The Morgan fingerprint density at radius 3 is 2.59 bits per heavy atom. The van der Waals surface area contributed by atoms with Crippen LogP contribution in [0.4, 0.5) is 0 Å². The molecule has 0 fully saturated rings. The van der Waals surface area contributed by atoms with Crippen molar-refractivity contribution >= 4 is 0 Å². The minimum atomic E-state index is 0.600. The summed E-state index contributed by atoms with van der Waals surface area (Å²) in [7, 11) is 0. The Kier molecular flexibility index (Phi) is 5.82. The minimum absolute atomic E-state index is 0.600. The molecule has 17 heavy (non-hydrogen) atoms. The Morgan fingerprint density at radius 1 is 1.24 bits per heavy atom. The largest absolute Gasteiger partial charge is 0.494 e. The molecule has 1 atom stereocenters. The van der Waals surface area contributed by atoms with Crippen LogP contribution < -0.4 is 4.74 Å². The van der Waals surface area contributed by atoms with Crippen LogP contribution in [0.3, 0.4) is 0 Å².